The molecule has 0 amide bonds. The zero-order chi connectivity index (χ0) is 15.3. The van der Waals surface area contributed by atoms with Gasteiger partial charge in [-0.3, -0.25) is 0 Å². The van der Waals surface area contributed by atoms with Crippen LogP contribution in [0.1, 0.15) is 19.4 Å². The molecule has 0 aliphatic heterocycles. The number of ether oxygens (including phenoxy) is 1. The largest absolute Gasteiger partial charge is 0.494 e. The van der Waals surface area contributed by atoms with Crippen LogP contribution >= 0.6 is 0 Å². The molecule has 0 saturated heterocycles. The highest BCUT2D eigenvalue weighted by Gasteiger charge is 2.26. The van der Waals surface area contributed by atoms with Crippen LogP contribution in [0.5, 0.6) is 5.75 Å². The zero-order valence-electron chi connectivity index (χ0n) is 12.3. The summed E-state index contributed by atoms with van der Waals surface area (Å²) in [6, 6.07) is 4.56. The maximum atomic E-state index is 14.1. The second kappa shape index (κ2) is 7.04. The quantitative estimate of drug-likeness (QED) is 0.834. The van der Waals surface area contributed by atoms with Crippen LogP contribution in [0.25, 0.3) is 0 Å². The third-order valence-electron chi connectivity index (χ3n) is 3.41. The molecule has 0 aromatic heterocycles. The Morgan fingerprint density at radius 3 is 2.55 bits per heavy atom. The van der Waals surface area contributed by atoms with Crippen molar-refractivity contribution in [1.82, 2.24) is 5.32 Å². The lowest BCUT2D eigenvalue weighted by Gasteiger charge is -2.24. The molecule has 1 rings (SSSR count). The highest BCUT2D eigenvalue weighted by Crippen LogP contribution is 2.22. The summed E-state index contributed by atoms with van der Waals surface area (Å²) in [6.07, 6.45) is 1.50. The Morgan fingerprint density at radius 2 is 2.05 bits per heavy atom. The molecule has 0 bridgehead atoms. The van der Waals surface area contributed by atoms with Gasteiger partial charge in [0.05, 0.1) is 12.4 Å². The average molecular weight is 303 g/mol. The lowest BCUT2D eigenvalue weighted by molar-refractivity contribution is 0.382. The molecule has 20 heavy (non-hydrogen) atoms. The van der Waals surface area contributed by atoms with Crippen molar-refractivity contribution in [2.75, 3.05) is 19.9 Å². The van der Waals surface area contributed by atoms with E-state index in [1.807, 2.05) is 6.92 Å². The van der Waals surface area contributed by atoms with Gasteiger partial charge in [-0.15, -0.1) is 0 Å². The minimum absolute atomic E-state index is 0.171. The van der Waals surface area contributed by atoms with Crippen molar-refractivity contribution in [2.45, 2.75) is 31.6 Å². The van der Waals surface area contributed by atoms with Crippen LogP contribution in [0.2, 0.25) is 0 Å². The molecule has 0 heterocycles. The van der Waals surface area contributed by atoms with Crippen LogP contribution in [-0.4, -0.2) is 39.6 Å². The van der Waals surface area contributed by atoms with Crippen molar-refractivity contribution in [1.29, 1.82) is 0 Å². The summed E-state index contributed by atoms with van der Waals surface area (Å²) in [7, 11) is -1.78. The lowest BCUT2D eigenvalue weighted by atomic mass is 10.0. The monoisotopic (exact) mass is 303 g/mol. The number of methoxy groups -OCH3 is 1. The third kappa shape index (κ3) is 4.18. The standard InChI is InChI=1S/C14H22FNO3S/c1-5-16-12(10(2)20(4,17)18)9-11-7-6-8-13(19-3)14(11)15/h6-8,10,12,16H,5,9H2,1-4H3. The number of nitrogens with one attached hydrogen (secondary N) is 1. The molecule has 114 valence electrons. The smallest absolute Gasteiger partial charge is 0.168 e. The predicted molar refractivity (Wildman–Crippen MR) is 78.4 cm³/mol. The Kier molecular flexibility index (Phi) is 5.95. The van der Waals surface area contributed by atoms with E-state index >= 15 is 0 Å². The van der Waals surface area contributed by atoms with Crippen molar-refractivity contribution in [3.8, 4) is 5.75 Å². The second-order valence-corrected chi connectivity index (χ2v) is 7.24. The number of halogens is 1. The number of hydrogen-bond donors (Lipinski definition) is 1. The number of benzene rings is 1. The van der Waals surface area contributed by atoms with Crippen LogP contribution in [0.15, 0.2) is 18.2 Å². The topological polar surface area (TPSA) is 55.4 Å². The van der Waals surface area contributed by atoms with Crippen LogP contribution < -0.4 is 10.1 Å². The molecule has 0 radical (unpaired) electrons. The van der Waals surface area contributed by atoms with Crippen LogP contribution in [0, 0.1) is 5.82 Å². The molecule has 0 spiro atoms. The first kappa shape index (κ1) is 16.9. The first-order valence-electron chi connectivity index (χ1n) is 6.54. The summed E-state index contributed by atoms with van der Waals surface area (Å²) in [5, 5.41) is 2.53. The van der Waals surface area contributed by atoms with E-state index in [1.54, 1.807) is 25.1 Å². The van der Waals surface area contributed by atoms with Gasteiger partial charge in [-0.25, -0.2) is 12.8 Å². The molecule has 6 heteroatoms. The summed E-state index contributed by atoms with van der Waals surface area (Å²) >= 11 is 0. The van der Waals surface area contributed by atoms with Crippen LogP contribution in [0.4, 0.5) is 4.39 Å². The van der Waals surface area contributed by atoms with E-state index in [2.05, 4.69) is 5.32 Å². The fourth-order valence-corrected chi connectivity index (χ4v) is 2.86. The van der Waals surface area contributed by atoms with E-state index in [-0.39, 0.29) is 11.8 Å². The van der Waals surface area contributed by atoms with E-state index in [0.717, 1.165) is 0 Å². The van der Waals surface area contributed by atoms with Gasteiger partial charge in [-0.05, 0) is 31.5 Å². The molecule has 2 unspecified atom stereocenters. The van der Waals surface area contributed by atoms with Gasteiger partial charge in [-0.1, -0.05) is 19.1 Å². The summed E-state index contributed by atoms with van der Waals surface area (Å²) in [5.74, 6) is -0.261. The Balaban J connectivity index is 3.02. The van der Waals surface area contributed by atoms with Crippen molar-refractivity contribution in [2.24, 2.45) is 0 Å². The van der Waals surface area contributed by atoms with Crippen LogP contribution in [0.3, 0.4) is 0 Å². The normalized spacial score (nSPS) is 14.8. The molecular formula is C14H22FNO3S. The van der Waals surface area contributed by atoms with Gasteiger partial charge < -0.3 is 10.1 Å². The Labute approximate surface area is 120 Å². The molecule has 0 aliphatic carbocycles. The van der Waals surface area contributed by atoms with Gasteiger partial charge in [0.2, 0.25) is 0 Å². The SMILES string of the molecule is CCNC(Cc1cccc(OC)c1F)C(C)S(C)(=O)=O. The maximum absolute atomic E-state index is 14.1. The molecule has 2 atom stereocenters. The number of likely N-dealkylation sites (N-methyl/N-ethyl adjacent to an activating group) is 1. The lowest BCUT2D eigenvalue weighted by Crippen LogP contribution is -2.43. The van der Waals surface area contributed by atoms with E-state index in [9.17, 15) is 12.8 Å². The Morgan fingerprint density at radius 1 is 1.40 bits per heavy atom. The molecule has 0 saturated carbocycles. The Hall–Kier alpha value is -1.14. The molecule has 1 aromatic rings. The molecule has 1 aromatic carbocycles. The van der Waals surface area contributed by atoms with E-state index < -0.39 is 20.9 Å². The maximum Gasteiger partial charge on any atom is 0.168 e. The van der Waals surface area contributed by atoms with E-state index in [4.69, 9.17) is 4.74 Å². The van der Waals surface area contributed by atoms with E-state index in [1.165, 1.54) is 13.4 Å². The number of sulfone groups is 1. The van der Waals surface area contributed by atoms with Crippen molar-refractivity contribution >= 4 is 9.84 Å². The predicted octanol–water partition coefficient (Wildman–Crippen LogP) is 1.79. The van der Waals surface area contributed by atoms with Crippen LogP contribution in [-0.2, 0) is 16.3 Å². The third-order valence-corrected chi connectivity index (χ3v) is 5.09. The van der Waals surface area contributed by atoms with Gasteiger partial charge in [0.15, 0.2) is 21.4 Å². The summed E-state index contributed by atoms with van der Waals surface area (Å²) in [5.41, 5.74) is 0.450. The van der Waals surface area contributed by atoms with Crippen molar-refractivity contribution < 1.29 is 17.5 Å². The number of rotatable bonds is 7. The number of hydrogen-bond acceptors (Lipinski definition) is 4. The van der Waals surface area contributed by atoms with Gasteiger partial charge >= 0.3 is 0 Å². The highest BCUT2D eigenvalue weighted by atomic mass is 32.2. The van der Waals surface area contributed by atoms with Crippen molar-refractivity contribution in [3.05, 3.63) is 29.6 Å². The molecule has 0 aliphatic rings. The van der Waals surface area contributed by atoms with Gasteiger partial charge in [-0.2, -0.15) is 0 Å². The molecular weight excluding hydrogens is 281 g/mol. The minimum Gasteiger partial charge on any atom is -0.494 e. The first-order chi connectivity index (χ1) is 9.31. The fourth-order valence-electron chi connectivity index (χ4n) is 2.07. The van der Waals surface area contributed by atoms with E-state index in [0.29, 0.717) is 18.5 Å². The average Bonchev–Trinajstić information content (AvgIpc) is 2.38. The minimum atomic E-state index is -3.19. The Bertz CT molecular complexity index is 545. The first-order valence-corrected chi connectivity index (χ1v) is 8.50. The highest BCUT2D eigenvalue weighted by molar-refractivity contribution is 7.91. The van der Waals surface area contributed by atoms with Crippen molar-refractivity contribution in [3.63, 3.8) is 0 Å². The summed E-state index contributed by atoms with van der Waals surface area (Å²) in [4.78, 5) is 0. The summed E-state index contributed by atoms with van der Waals surface area (Å²) < 4.78 is 42.4. The molecule has 4 nitrogen and oxygen atoms in total. The summed E-state index contributed by atoms with van der Waals surface area (Å²) in [6.45, 7) is 4.15. The fraction of sp³-hybridized carbons (Fsp3) is 0.571. The zero-order valence-corrected chi connectivity index (χ0v) is 13.1. The second-order valence-electron chi connectivity index (χ2n) is 4.84. The molecule has 1 N–H and O–H groups in total. The van der Waals surface area contributed by atoms with Gasteiger partial charge in [0, 0.05) is 12.3 Å². The molecule has 0 fully saturated rings. The van der Waals surface area contributed by atoms with Gasteiger partial charge in [0.1, 0.15) is 0 Å². The van der Waals surface area contributed by atoms with Gasteiger partial charge in [0.25, 0.3) is 0 Å².